The average Bonchev–Trinajstić information content (AvgIpc) is 2.87. The Balaban J connectivity index is 0.000000774. The maximum Gasteiger partial charge on any atom is 0.0983 e. The van der Waals surface area contributed by atoms with Crippen LogP contribution in [0.5, 0.6) is 0 Å². The minimum absolute atomic E-state index is 0.572. The van der Waals surface area contributed by atoms with Gasteiger partial charge >= 0.3 is 0 Å². The second-order valence-electron chi connectivity index (χ2n) is 4.22. The Kier molecular flexibility index (Phi) is 5.45. The lowest BCUT2D eigenvalue weighted by Crippen LogP contribution is -1.93. The van der Waals surface area contributed by atoms with Crippen molar-refractivity contribution in [3.63, 3.8) is 0 Å². The van der Waals surface area contributed by atoms with Crippen LogP contribution in [-0.4, -0.2) is 4.98 Å². The van der Waals surface area contributed by atoms with Crippen molar-refractivity contribution in [1.82, 2.24) is 4.98 Å². The van der Waals surface area contributed by atoms with Crippen molar-refractivity contribution in [2.75, 3.05) is 5.73 Å². The Labute approximate surface area is 138 Å². The molecule has 21 heavy (non-hydrogen) atoms. The molecule has 1 heterocycles. The molecule has 2 nitrogen and oxygen atoms in total. The van der Waals surface area contributed by atoms with Crippen LogP contribution >= 0.6 is 34.5 Å². The summed E-state index contributed by atoms with van der Waals surface area (Å²) < 4.78 is 1.17. The first-order valence-electron chi connectivity index (χ1n) is 6.71. The highest BCUT2D eigenvalue weighted by Crippen LogP contribution is 2.32. The fourth-order valence-corrected chi connectivity index (χ4v) is 3.56. The van der Waals surface area contributed by atoms with E-state index >= 15 is 0 Å². The predicted octanol–water partition coefficient (Wildman–Crippen LogP) is 5.80. The van der Waals surface area contributed by atoms with Gasteiger partial charge in [0.2, 0.25) is 0 Å². The highest BCUT2D eigenvalue weighted by Gasteiger charge is 2.11. The molecule has 0 amide bonds. The van der Waals surface area contributed by atoms with Crippen molar-refractivity contribution in [1.29, 1.82) is 0 Å². The molecular weight excluding hydrogens is 323 g/mol. The van der Waals surface area contributed by atoms with Crippen molar-refractivity contribution in [3.8, 4) is 0 Å². The molecule has 0 saturated heterocycles. The molecule has 0 aliphatic heterocycles. The summed E-state index contributed by atoms with van der Waals surface area (Å²) in [6.45, 7) is 4.00. The average molecular weight is 339 g/mol. The van der Waals surface area contributed by atoms with Crippen molar-refractivity contribution < 1.29 is 0 Å². The molecule has 110 valence electrons. The van der Waals surface area contributed by atoms with Crippen LogP contribution in [0.3, 0.4) is 0 Å². The largest absolute Gasteiger partial charge is 0.399 e. The van der Waals surface area contributed by atoms with E-state index in [9.17, 15) is 0 Å². The number of halogens is 2. The first-order valence-corrected chi connectivity index (χ1v) is 8.28. The van der Waals surface area contributed by atoms with Gasteiger partial charge in [-0.3, -0.25) is 0 Å². The third-order valence-electron chi connectivity index (χ3n) is 2.83. The second-order valence-corrected chi connectivity index (χ2v) is 6.14. The van der Waals surface area contributed by atoms with Gasteiger partial charge in [0.25, 0.3) is 0 Å². The molecule has 3 aromatic rings. The van der Waals surface area contributed by atoms with E-state index in [-0.39, 0.29) is 0 Å². The van der Waals surface area contributed by atoms with Crippen LogP contribution in [0.15, 0.2) is 36.4 Å². The van der Waals surface area contributed by atoms with Crippen LogP contribution < -0.4 is 5.73 Å². The number of rotatable bonds is 2. The number of thiazole rings is 1. The van der Waals surface area contributed by atoms with E-state index in [1.165, 1.54) is 4.70 Å². The van der Waals surface area contributed by atoms with Gasteiger partial charge in [0.1, 0.15) is 0 Å². The van der Waals surface area contributed by atoms with E-state index in [4.69, 9.17) is 28.9 Å². The zero-order valence-corrected chi connectivity index (χ0v) is 14.2. The highest BCUT2D eigenvalue weighted by atomic mass is 35.5. The number of nitrogens with zero attached hydrogens (tertiary/aromatic N) is 1. The summed E-state index contributed by atoms with van der Waals surface area (Å²) >= 11 is 14.0. The van der Waals surface area contributed by atoms with Crippen molar-refractivity contribution in [2.45, 2.75) is 20.3 Å². The second kappa shape index (κ2) is 7.12. The molecule has 0 unspecified atom stereocenters. The number of hydrogen-bond donors (Lipinski definition) is 1. The Hall–Kier alpha value is -1.29. The molecule has 0 saturated carbocycles. The first kappa shape index (κ1) is 16.1. The number of para-hydroxylation sites is 1. The highest BCUT2D eigenvalue weighted by molar-refractivity contribution is 7.18. The van der Waals surface area contributed by atoms with E-state index < -0.39 is 0 Å². The number of aromatic nitrogens is 1. The van der Waals surface area contributed by atoms with Crippen LogP contribution in [0.25, 0.3) is 10.2 Å². The topological polar surface area (TPSA) is 38.9 Å². The molecule has 0 fully saturated rings. The van der Waals surface area contributed by atoms with Crippen LogP contribution in [0.2, 0.25) is 10.0 Å². The molecule has 0 atom stereocenters. The van der Waals surface area contributed by atoms with Gasteiger partial charge in [-0.15, -0.1) is 11.3 Å². The SMILES string of the molecule is CC.Nc1cc(Cl)c(Cc2nc3ccccc3s2)c(Cl)c1. The Bertz CT molecular complexity index is 697. The van der Waals surface area contributed by atoms with Crippen LogP contribution in [0, 0.1) is 0 Å². The first-order chi connectivity index (χ1) is 10.1. The van der Waals surface area contributed by atoms with Gasteiger partial charge in [0, 0.05) is 22.2 Å². The number of benzene rings is 2. The Morgan fingerprint density at radius 3 is 2.33 bits per heavy atom. The minimum atomic E-state index is 0.572. The molecule has 0 aliphatic carbocycles. The summed E-state index contributed by atoms with van der Waals surface area (Å²) in [5.41, 5.74) is 8.15. The number of fused-ring (bicyclic) bond motifs is 1. The van der Waals surface area contributed by atoms with E-state index in [2.05, 4.69) is 11.1 Å². The standard InChI is InChI=1S/C14H10Cl2N2S.C2H6/c15-10-5-8(17)6-11(16)9(10)7-14-18-12-3-1-2-4-13(12)19-14;1-2/h1-6H,7,17H2;1-2H3. The summed E-state index contributed by atoms with van der Waals surface area (Å²) in [5, 5.41) is 2.17. The lowest BCUT2D eigenvalue weighted by atomic mass is 10.1. The monoisotopic (exact) mass is 338 g/mol. The van der Waals surface area contributed by atoms with E-state index in [1.807, 2.05) is 32.0 Å². The van der Waals surface area contributed by atoms with Gasteiger partial charge in [-0.05, 0) is 29.8 Å². The van der Waals surface area contributed by atoms with Crippen molar-refractivity contribution in [2.24, 2.45) is 0 Å². The smallest absolute Gasteiger partial charge is 0.0983 e. The predicted molar refractivity (Wildman–Crippen MR) is 94.6 cm³/mol. The van der Waals surface area contributed by atoms with Crippen molar-refractivity contribution >= 4 is 50.4 Å². The number of nitrogen functional groups attached to an aromatic ring is 1. The van der Waals surface area contributed by atoms with Gasteiger partial charge in [0.15, 0.2) is 0 Å². The maximum absolute atomic E-state index is 6.20. The lowest BCUT2D eigenvalue weighted by Gasteiger charge is -2.06. The van der Waals surface area contributed by atoms with Gasteiger partial charge in [-0.1, -0.05) is 49.2 Å². The quantitative estimate of drug-likeness (QED) is 0.599. The summed E-state index contributed by atoms with van der Waals surface area (Å²) in [7, 11) is 0. The van der Waals surface area contributed by atoms with Gasteiger partial charge in [-0.2, -0.15) is 0 Å². The Morgan fingerprint density at radius 2 is 1.71 bits per heavy atom. The fraction of sp³-hybridized carbons (Fsp3) is 0.188. The summed E-state index contributed by atoms with van der Waals surface area (Å²) in [6, 6.07) is 11.5. The van der Waals surface area contributed by atoms with Gasteiger partial charge in [-0.25, -0.2) is 4.98 Å². The molecule has 0 aliphatic rings. The molecule has 2 aromatic carbocycles. The molecule has 1 aromatic heterocycles. The van der Waals surface area contributed by atoms with E-state index in [1.54, 1.807) is 23.5 Å². The third-order valence-corrected chi connectivity index (χ3v) is 4.54. The molecule has 0 radical (unpaired) electrons. The summed E-state index contributed by atoms with van der Waals surface area (Å²) in [6.07, 6.45) is 0.622. The van der Waals surface area contributed by atoms with Crippen molar-refractivity contribution in [3.05, 3.63) is 57.0 Å². The number of nitrogens with two attached hydrogens (primary N) is 1. The zero-order chi connectivity index (χ0) is 15.4. The van der Waals surface area contributed by atoms with Crippen LogP contribution in [-0.2, 0) is 6.42 Å². The van der Waals surface area contributed by atoms with Gasteiger partial charge in [0.05, 0.1) is 15.2 Å². The molecule has 0 spiro atoms. The van der Waals surface area contributed by atoms with Gasteiger partial charge < -0.3 is 5.73 Å². The molecule has 0 bridgehead atoms. The normalized spacial score (nSPS) is 10.3. The maximum atomic E-state index is 6.20. The molecule has 5 heteroatoms. The lowest BCUT2D eigenvalue weighted by molar-refractivity contribution is 1.16. The summed E-state index contributed by atoms with van der Waals surface area (Å²) in [5.74, 6) is 0. The number of anilines is 1. The third kappa shape index (κ3) is 3.67. The molecule has 2 N–H and O–H groups in total. The fourth-order valence-electron chi connectivity index (χ4n) is 1.94. The molecule has 3 rings (SSSR count). The van der Waals surface area contributed by atoms with E-state index in [0.717, 1.165) is 16.1 Å². The Morgan fingerprint density at radius 1 is 1.10 bits per heavy atom. The van der Waals surface area contributed by atoms with Crippen LogP contribution in [0.1, 0.15) is 24.4 Å². The van der Waals surface area contributed by atoms with Crippen LogP contribution in [0.4, 0.5) is 5.69 Å². The number of hydrogen-bond acceptors (Lipinski definition) is 3. The van der Waals surface area contributed by atoms with E-state index in [0.29, 0.717) is 22.2 Å². The summed E-state index contributed by atoms with van der Waals surface area (Å²) in [4.78, 5) is 4.58. The zero-order valence-electron chi connectivity index (χ0n) is 11.9. The molecular formula is C16H16Cl2N2S. The minimum Gasteiger partial charge on any atom is -0.399 e.